The molecule has 2 N–H and O–H groups in total. The standard InChI is InChI=1S/C19H28N2O2/c1-2-3-4-5-6-7-8-13-23-18-11-9-16(10-12-18)14-17-15-20-21-19(17)22/h9-12,14,20H,2-8,13,15H2,1H3,(H,21,22)/b17-14+. The van der Waals surface area contributed by atoms with E-state index >= 15 is 0 Å². The summed E-state index contributed by atoms with van der Waals surface area (Å²) in [5, 5.41) is 0. The van der Waals surface area contributed by atoms with Crippen LogP contribution in [0.15, 0.2) is 29.8 Å². The molecule has 2 rings (SSSR count). The Kier molecular flexibility index (Phi) is 7.67. The van der Waals surface area contributed by atoms with Crippen LogP contribution < -0.4 is 15.6 Å². The molecule has 0 aromatic heterocycles. The van der Waals surface area contributed by atoms with Gasteiger partial charge in [-0.05, 0) is 30.2 Å². The Balaban J connectivity index is 1.64. The molecule has 1 saturated heterocycles. The van der Waals surface area contributed by atoms with E-state index in [0.29, 0.717) is 6.54 Å². The lowest BCUT2D eigenvalue weighted by molar-refractivity contribution is -0.116. The summed E-state index contributed by atoms with van der Waals surface area (Å²) in [6.07, 6.45) is 10.9. The molecule has 1 aliphatic heterocycles. The van der Waals surface area contributed by atoms with Gasteiger partial charge >= 0.3 is 0 Å². The summed E-state index contributed by atoms with van der Waals surface area (Å²) in [5.74, 6) is 0.844. The van der Waals surface area contributed by atoms with Crippen molar-refractivity contribution in [3.63, 3.8) is 0 Å². The number of ether oxygens (including phenoxy) is 1. The van der Waals surface area contributed by atoms with Crippen molar-refractivity contribution in [3.8, 4) is 5.75 Å². The van der Waals surface area contributed by atoms with E-state index in [4.69, 9.17) is 4.74 Å². The highest BCUT2D eigenvalue weighted by Gasteiger charge is 2.14. The minimum atomic E-state index is -0.0516. The molecule has 0 spiro atoms. The van der Waals surface area contributed by atoms with Crippen LogP contribution in [0.2, 0.25) is 0 Å². The molecule has 4 nitrogen and oxygen atoms in total. The Hall–Kier alpha value is -1.81. The van der Waals surface area contributed by atoms with Crippen LogP contribution in [-0.4, -0.2) is 19.1 Å². The van der Waals surface area contributed by atoms with Gasteiger partial charge in [0.05, 0.1) is 6.61 Å². The summed E-state index contributed by atoms with van der Waals surface area (Å²) in [4.78, 5) is 11.5. The molecule has 0 radical (unpaired) electrons. The number of rotatable bonds is 10. The Morgan fingerprint density at radius 2 is 1.74 bits per heavy atom. The molecule has 1 amide bonds. The highest BCUT2D eigenvalue weighted by Crippen LogP contribution is 2.16. The molecule has 1 aromatic carbocycles. The Morgan fingerprint density at radius 3 is 2.39 bits per heavy atom. The summed E-state index contributed by atoms with van der Waals surface area (Å²) in [6, 6.07) is 7.90. The van der Waals surface area contributed by atoms with Crippen molar-refractivity contribution in [1.29, 1.82) is 0 Å². The third-order valence-corrected chi connectivity index (χ3v) is 4.01. The maximum atomic E-state index is 11.5. The minimum absolute atomic E-state index is 0.0516. The van der Waals surface area contributed by atoms with Crippen LogP contribution in [0.3, 0.4) is 0 Å². The number of unbranched alkanes of at least 4 members (excludes halogenated alkanes) is 6. The number of benzene rings is 1. The van der Waals surface area contributed by atoms with Crippen LogP contribution >= 0.6 is 0 Å². The van der Waals surface area contributed by atoms with Crippen molar-refractivity contribution in [2.45, 2.75) is 51.9 Å². The molecule has 1 fully saturated rings. The number of carbonyl (C=O) groups excluding carboxylic acids is 1. The van der Waals surface area contributed by atoms with E-state index in [-0.39, 0.29) is 5.91 Å². The van der Waals surface area contributed by atoms with Crippen LogP contribution in [0.4, 0.5) is 0 Å². The van der Waals surface area contributed by atoms with Crippen LogP contribution in [-0.2, 0) is 4.79 Å². The van der Waals surface area contributed by atoms with E-state index in [1.807, 2.05) is 30.3 Å². The minimum Gasteiger partial charge on any atom is -0.494 e. The zero-order valence-corrected chi connectivity index (χ0v) is 14.1. The molecule has 1 aliphatic rings. The molecule has 1 heterocycles. The van der Waals surface area contributed by atoms with Crippen molar-refractivity contribution in [3.05, 3.63) is 35.4 Å². The lowest BCUT2D eigenvalue weighted by atomic mass is 10.1. The van der Waals surface area contributed by atoms with Crippen molar-refractivity contribution in [2.75, 3.05) is 13.2 Å². The largest absolute Gasteiger partial charge is 0.494 e. The van der Waals surface area contributed by atoms with Gasteiger partial charge in [0.25, 0.3) is 5.91 Å². The van der Waals surface area contributed by atoms with E-state index in [9.17, 15) is 4.79 Å². The second-order valence-corrected chi connectivity index (χ2v) is 6.02. The van der Waals surface area contributed by atoms with Gasteiger partial charge in [0, 0.05) is 12.1 Å². The van der Waals surface area contributed by atoms with E-state index < -0.39 is 0 Å². The number of hydrazine groups is 1. The summed E-state index contributed by atoms with van der Waals surface area (Å²) in [6.45, 7) is 3.59. The molecule has 0 saturated carbocycles. The third kappa shape index (κ3) is 6.45. The number of amides is 1. The van der Waals surface area contributed by atoms with Crippen molar-refractivity contribution in [2.24, 2.45) is 0 Å². The SMILES string of the molecule is CCCCCCCCCOc1ccc(/C=C2\CNNC2=O)cc1. The average molecular weight is 316 g/mol. The Morgan fingerprint density at radius 1 is 1.04 bits per heavy atom. The van der Waals surface area contributed by atoms with Crippen molar-refractivity contribution < 1.29 is 9.53 Å². The van der Waals surface area contributed by atoms with Crippen molar-refractivity contribution in [1.82, 2.24) is 10.9 Å². The first-order valence-corrected chi connectivity index (χ1v) is 8.76. The zero-order chi connectivity index (χ0) is 16.3. The maximum absolute atomic E-state index is 11.5. The lowest BCUT2D eigenvalue weighted by Crippen LogP contribution is -2.25. The second-order valence-electron chi connectivity index (χ2n) is 6.02. The van der Waals surface area contributed by atoms with Gasteiger partial charge in [0.2, 0.25) is 0 Å². The van der Waals surface area contributed by atoms with Gasteiger partial charge in [-0.25, -0.2) is 5.43 Å². The molecule has 0 bridgehead atoms. The molecule has 0 aliphatic carbocycles. The highest BCUT2D eigenvalue weighted by atomic mass is 16.5. The Bertz CT molecular complexity index is 509. The van der Waals surface area contributed by atoms with Gasteiger partial charge in [-0.1, -0.05) is 57.6 Å². The van der Waals surface area contributed by atoms with Crippen LogP contribution in [0.1, 0.15) is 57.4 Å². The molecular weight excluding hydrogens is 288 g/mol. The predicted octanol–water partition coefficient (Wildman–Crippen LogP) is 3.83. The van der Waals surface area contributed by atoms with Gasteiger partial charge in [-0.15, -0.1) is 0 Å². The fourth-order valence-electron chi connectivity index (χ4n) is 2.61. The average Bonchev–Trinajstić information content (AvgIpc) is 2.96. The summed E-state index contributed by atoms with van der Waals surface area (Å²) in [5.41, 5.74) is 7.16. The van der Waals surface area contributed by atoms with Gasteiger partial charge in [0.1, 0.15) is 5.75 Å². The maximum Gasteiger partial charge on any atom is 0.262 e. The zero-order valence-electron chi connectivity index (χ0n) is 14.1. The summed E-state index contributed by atoms with van der Waals surface area (Å²) in [7, 11) is 0. The lowest BCUT2D eigenvalue weighted by Gasteiger charge is -2.06. The monoisotopic (exact) mass is 316 g/mol. The van der Waals surface area contributed by atoms with E-state index in [1.54, 1.807) is 0 Å². The molecule has 23 heavy (non-hydrogen) atoms. The first-order valence-electron chi connectivity index (χ1n) is 8.76. The summed E-state index contributed by atoms with van der Waals surface area (Å²) < 4.78 is 5.77. The molecule has 1 aromatic rings. The van der Waals surface area contributed by atoms with E-state index in [1.165, 1.54) is 38.5 Å². The van der Waals surface area contributed by atoms with Gasteiger partial charge in [-0.2, -0.15) is 0 Å². The van der Waals surface area contributed by atoms with Crippen LogP contribution in [0.25, 0.3) is 6.08 Å². The third-order valence-electron chi connectivity index (χ3n) is 4.01. The second kappa shape index (κ2) is 10.1. The normalized spacial score (nSPS) is 15.9. The number of carbonyl (C=O) groups is 1. The molecule has 0 unspecified atom stereocenters. The van der Waals surface area contributed by atoms with E-state index in [2.05, 4.69) is 17.8 Å². The van der Waals surface area contributed by atoms with Gasteiger partial charge in [0.15, 0.2) is 0 Å². The quantitative estimate of drug-likeness (QED) is 0.509. The van der Waals surface area contributed by atoms with Crippen molar-refractivity contribution >= 4 is 12.0 Å². The Labute approximate surface area is 139 Å². The van der Waals surface area contributed by atoms with Crippen LogP contribution in [0, 0.1) is 0 Å². The van der Waals surface area contributed by atoms with Gasteiger partial charge < -0.3 is 4.74 Å². The first-order chi connectivity index (χ1) is 11.3. The molecule has 0 atom stereocenters. The number of hydrogen-bond acceptors (Lipinski definition) is 3. The smallest absolute Gasteiger partial charge is 0.262 e. The molecular formula is C19H28N2O2. The fourth-order valence-corrected chi connectivity index (χ4v) is 2.61. The predicted molar refractivity (Wildman–Crippen MR) is 94.1 cm³/mol. The number of nitrogens with one attached hydrogen (secondary N) is 2. The fraction of sp³-hybridized carbons (Fsp3) is 0.526. The molecule has 4 heteroatoms. The summed E-state index contributed by atoms with van der Waals surface area (Å²) >= 11 is 0. The van der Waals surface area contributed by atoms with Gasteiger partial charge in [-0.3, -0.25) is 10.2 Å². The van der Waals surface area contributed by atoms with E-state index in [0.717, 1.165) is 29.9 Å². The van der Waals surface area contributed by atoms with Crippen LogP contribution in [0.5, 0.6) is 5.75 Å². The topological polar surface area (TPSA) is 50.4 Å². The highest BCUT2D eigenvalue weighted by molar-refractivity contribution is 5.99. The molecule has 126 valence electrons. The first kappa shape index (κ1) is 17.5. The number of hydrogen-bond donors (Lipinski definition) is 2.